The first-order valence-electron chi connectivity index (χ1n) is 9.08. The lowest BCUT2D eigenvalue weighted by Gasteiger charge is -2.34. The molecule has 1 heterocycles. The van der Waals surface area contributed by atoms with Gasteiger partial charge in [-0.3, -0.25) is 4.79 Å². The Balaban J connectivity index is 1.52. The van der Waals surface area contributed by atoms with Crippen LogP contribution in [0, 0.1) is 5.92 Å². The van der Waals surface area contributed by atoms with Crippen LogP contribution in [0.5, 0.6) is 11.5 Å². The van der Waals surface area contributed by atoms with E-state index >= 15 is 0 Å². The molecule has 0 unspecified atom stereocenters. The number of nitrogens with zero attached hydrogens (tertiary/aromatic N) is 1. The highest BCUT2D eigenvalue weighted by molar-refractivity contribution is 5.97. The third-order valence-corrected chi connectivity index (χ3v) is 5.19. The van der Waals surface area contributed by atoms with Crippen LogP contribution in [0.15, 0.2) is 48.5 Å². The van der Waals surface area contributed by atoms with Gasteiger partial charge in [0.2, 0.25) is 0 Å². The lowest BCUT2D eigenvalue weighted by Crippen LogP contribution is -2.41. The molecule has 1 aliphatic heterocycles. The predicted molar refractivity (Wildman–Crippen MR) is 99.2 cm³/mol. The van der Waals surface area contributed by atoms with Crippen molar-refractivity contribution in [2.75, 3.05) is 13.1 Å². The monoisotopic (exact) mass is 355 g/mol. The highest BCUT2D eigenvalue weighted by atomic mass is 16.3. The van der Waals surface area contributed by atoms with Crippen LogP contribution in [-0.4, -0.2) is 45.3 Å². The maximum Gasteiger partial charge on any atom is 0.257 e. The summed E-state index contributed by atoms with van der Waals surface area (Å²) in [4.78, 5) is 14.2. The number of phenols is 2. The van der Waals surface area contributed by atoms with Gasteiger partial charge in [-0.1, -0.05) is 36.4 Å². The Morgan fingerprint density at radius 2 is 1.73 bits per heavy atom. The zero-order valence-corrected chi connectivity index (χ0v) is 14.7. The summed E-state index contributed by atoms with van der Waals surface area (Å²) >= 11 is 0. The minimum atomic E-state index is -0.373. The van der Waals surface area contributed by atoms with Gasteiger partial charge in [0.1, 0.15) is 0 Å². The van der Waals surface area contributed by atoms with Gasteiger partial charge in [-0.25, -0.2) is 0 Å². The fourth-order valence-corrected chi connectivity index (χ4v) is 3.56. The average molecular weight is 355 g/mol. The molecule has 5 nitrogen and oxygen atoms in total. The number of aliphatic hydroxyl groups excluding tert-OH is 1. The molecule has 2 aromatic carbocycles. The van der Waals surface area contributed by atoms with Gasteiger partial charge in [-0.15, -0.1) is 0 Å². The normalized spacial score (nSPS) is 16.4. The SMILES string of the molecule is O=C(c1cccc(O)c1O)N1CCC([C@H](O)CCc2ccccc2)CC1. The van der Waals surface area contributed by atoms with Crippen LogP contribution in [0.1, 0.15) is 35.2 Å². The lowest BCUT2D eigenvalue weighted by atomic mass is 9.88. The molecule has 138 valence electrons. The summed E-state index contributed by atoms with van der Waals surface area (Å²) in [6.45, 7) is 1.09. The fraction of sp³-hybridized carbons (Fsp3) is 0.381. The number of hydrogen-bond donors (Lipinski definition) is 3. The highest BCUT2D eigenvalue weighted by Crippen LogP contribution is 2.31. The van der Waals surface area contributed by atoms with Gasteiger partial charge >= 0.3 is 0 Å². The van der Waals surface area contributed by atoms with Crippen LogP contribution in [0.25, 0.3) is 0 Å². The minimum Gasteiger partial charge on any atom is -0.504 e. The standard InChI is InChI=1S/C21H25NO4/c23-18(10-9-15-5-2-1-3-6-15)16-11-13-22(14-12-16)21(26)17-7-4-8-19(24)20(17)25/h1-8,16,18,23-25H,9-14H2/t18-/m1/s1. The molecule has 0 saturated carbocycles. The first-order valence-corrected chi connectivity index (χ1v) is 9.08. The Hall–Kier alpha value is -2.53. The number of piperidine rings is 1. The number of phenolic OH excluding ortho intramolecular Hbond substituents is 2. The number of aryl methyl sites for hydroxylation is 1. The second-order valence-electron chi connectivity index (χ2n) is 6.89. The lowest BCUT2D eigenvalue weighted by molar-refractivity contribution is 0.0435. The maximum absolute atomic E-state index is 12.6. The van der Waals surface area contributed by atoms with Gasteiger partial charge in [0.05, 0.1) is 11.7 Å². The van der Waals surface area contributed by atoms with Crippen molar-refractivity contribution in [1.29, 1.82) is 0 Å². The third-order valence-electron chi connectivity index (χ3n) is 5.19. The summed E-state index contributed by atoms with van der Waals surface area (Å²) < 4.78 is 0. The molecule has 1 amide bonds. The molecule has 0 bridgehead atoms. The van der Waals surface area contributed by atoms with Gasteiger partial charge < -0.3 is 20.2 Å². The van der Waals surface area contributed by atoms with Crippen molar-refractivity contribution in [3.63, 3.8) is 0 Å². The zero-order valence-electron chi connectivity index (χ0n) is 14.7. The van der Waals surface area contributed by atoms with Crippen molar-refractivity contribution in [2.45, 2.75) is 31.8 Å². The van der Waals surface area contributed by atoms with E-state index in [-0.39, 0.29) is 35.0 Å². The molecule has 1 saturated heterocycles. The molecular formula is C21H25NO4. The molecule has 0 aliphatic carbocycles. The van der Waals surface area contributed by atoms with Crippen molar-refractivity contribution in [3.05, 3.63) is 59.7 Å². The van der Waals surface area contributed by atoms with E-state index < -0.39 is 0 Å². The van der Waals surface area contributed by atoms with Crippen molar-refractivity contribution < 1.29 is 20.1 Å². The van der Waals surface area contributed by atoms with E-state index in [4.69, 9.17) is 0 Å². The number of para-hydroxylation sites is 1. The molecule has 1 aliphatic rings. The van der Waals surface area contributed by atoms with E-state index in [1.807, 2.05) is 18.2 Å². The van der Waals surface area contributed by atoms with Crippen LogP contribution in [0.4, 0.5) is 0 Å². The first-order chi connectivity index (χ1) is 12.6. The van der Waals surface area contributed by atoms with Crippen molar-refractivity contribution in [2.24, 2.45) is 5.92 Å². The second kappa shape index (κ2) is 8.23. The van der Waals surface area contributed by atoms with E-state index in [0.717, 1.165) is 25.7 Å². The van der Waals surface area contributed by atoms with Crippen molar-refractivity contribution in [1.82, 2.24) is 4.90 Å². The second-order valence-corrected chi connectivity index (χ2v) is 6.89. The predicted octanol–water partition coefficient (Wildman–Crippen LogP) is 2.94. The minimum absolute atomic E-state index is 0.119. The summed E-state index contributed by atoms with van der Waals surface area (Å²) in [6.07, 6.45) is 2.67. The quantitative estimate of drug-likeness (QED) is 0.721. The maximum atomic E-state index is 12.6. The number of likely N-dealkylation sites (tertiary alicyclic amines) is 1. The van der Waals surface area contributed by atoms with Crippen LogP contribution in [0.3, 0.4) is 0 Å². The Labute approximate surface area is 153 Å². The van der Waals surface area contributed by atoms with E-state index in [2.05, 4.69) is 12.1 Å². The van der Waals surface area contributed by atoms with E-state index in [1.54, 1.807) is 11.0 Å². The summed E-state index contributed by atoms with van der Waals surface area (Å²) in [5, 5.41) is 29.9. The van der Waals surface area contributed by atoms with Crippen LogP contribution in [0.2, 0.25) is 0 Å². The third kappa shape index (κ3) is 4.17. The van der Waals surface area contributed by atoms with Crippen molar-refractivity contribution >= 4 is 5.91 Å². The number of benzene rings is 2. The van der Waals surface area contributed by atoms with Crippen molar-refractivity contribution in [3.8, 4) is 11.5 Å². The molecule has 0 spiro atoms. The summed E-state index contributed by atoms with van der Waals surface area (Å²) in [5.41, 5.74) is 1.34. The molecule has 0 radical (unpaired) electrons. The fourth-order valence-electron chi connectivity index (χ4n) is 3.56. The number of aliphatic hydroxyl groups is 1. The number of amides is 1. The first kappa shape index (κ1) is 18.3. The average Bonchev–Trinajstić information content (AvgIpc) is 2.68. The van der Waals surface area contributed by atoms with Gasteiger partial charge in [-0.05, 0) is 49.3 Å². The van der Waals surface area contributed by atoms with Crippen LogP contribution in [-0.2, 0) is 6.42 Å². The summed E-state index contributed by atoms with van der Waals surface area (Å²) in [5.74, 6) is -0.763. The molecule has 3 N–H and O–H groups in total. The molecule has 26 heavy (non-hydrogen) atoms. The smallest absolute Gasteiger partial charge is 0.257 e. The Kier molecular flexibility index (Phi) is 5.78. The number of rotatable bonds is 5. The molecule has 5 heteroatoms. The van der Waals surface area contributed by atoms with Gasteiger partial charge in [0.15, 0.2) is 11.5 Å². The summed E-state index contributed by atoms with van der Waals surface area (Å²) in [6, 6.07) is 14.5. The number of hydrogen-bond acceptors (Lipinski definition) is 4. The molecule has 1 fully saturated rings. The topological polar surface area (TPSA) is 81.0 Å². The van der Waals surface area contributed by atoms with E-state index in [1.165, 1.54) is 17.7 Å². The van der Waals surface area contributed by atoms with Gasteiger partial charge in [0.25, 0.3) is 5.91 Å². The number of aromatic hydroxyl groups is 2. The van der Waals surface area contributed by atoms with Gasteiger partial charge in [-0.2, -0.15) is 0 Å². The highest BCUT2D eigenvalue weighted by Gasteiger charge is 2.29. The molecule has 0 aromatic heterocycles. The number of carbonyl (C=O) groups excluding carboxylic acids is 1. The largest absolute Gasteiger partial charge is 0.504 e. The van der Waals surface area contributed by atoms with E-state index in [0.29, 0.717) is 13.1 Å². The number of carbonyl (C=O) groups is 1. The Morgan fingerprint density at radius 1 is 1.04 bits per heavy atom. The Bertz CT molecular complexity index is 739. The molecule has 2 aromatic rings. The molecule has 3 rings (SSSR count). The van der Waals surface area contributed by atoms with Crippen LogP contribution < -0.4 is 0 Å². The van der Waals surface area contributed by atoms with Gasteiger partial charge in [0, 0.05) is 13.1 Å². The zero-order chi connectivity index (χ0) is 18.5. The molecular weight excluding hydrogens is 330 g/mol. The van der Waals surface area contributed by atoms with E-state index in [9.17, 15) is 20.1 Å². The molecule has 1 atom stereocenters. The summed E-state index contributed by atoms with van der Waals surface area (Å²) in [7, 11) is 0. The Morgan fingerprint density at radius 3 is 2.42 bits per heavy atom. The van der Waals surface area contributed by atoms with Crippen LogP contribution >= 0.6 is 0 Å².